The van der Waals surface area contributed by atoms with Crippen molar-refractivity contribution in [1.29, 1.82) is 0 Å². The van der Waals surface area contributed by atoms with Gasteiger partial charge in [-0.25, -0.2) is 12.7 Å². The highest BCUT2D eigenvalue weighted by atomic mass is 35.5. The maximum atomic E-state index is 12.9. The van der Waals surface area contributed by atoms with Crippen LogP contribution < -0.4 is 5.32 Å². The second-order valence-corrected chi connectivity index (χ2v) is 10.0. The predicted octanol–water partition coefficient (Wildman–Crippen LogP) is 4.74. The smallest absolute Gasteiger partial charge is 0.228 e. The number of halogens is 2. The third-order valence-corrected chi connectivity index (χ3v) is 7.54. The molecule has 1 unspecified atom stereocenters. The Morgan fingerprint density at radius 3 is 2.66 bits per heavy atom. The van der Waals surface area contributed by atoms with Crippen LogP contribution in [0.3, 0.4) is 0 Å². The van der Waals surface area contributed by atoms with Crippen LogP contribution in [0, 0.1) is 5.92 Å². The summed E-state index contributed by atoms with van der Waals surface area (Å²) in [5.74, 6) is -0.741. The van der Waals surface area contributed by atoms with Gasteiger partial charge in [-0.05, 0) is 48.6 Å². The van der Waals surface area contributed by atoms with Gasteiger partial charge in [0.05, 0.1) is 11.7 Å². The molecule has 3 rings (SSSR count). The minimum Gasteiger partial charge on any atom is -0.326 e. The van der Waals surface area contributed by atoms with Crippen LogP contribution in [0.4, 0.5) is 5.69 Å². The molecule has 1 aliphatic heterocycles. The van der Waals surface area contributed by atoms with E-state index in [0.717, 1.165) is 17.7 Å². The van der Waals surface area contributed by atoms with Crippen LogP contribution in [0.1, 0.15) is 30.9 Å². The van der Waals surface area contributed by atoms with E-state index in [1.165, 1.54) is 10.4 Å². The van der Waals surface area contributed by atoms with Gasteiger partial charge in [-0.1, -0.05) is 54.4 Å². The van der Waals surface area contributed by atoms with E-state index in [1.807, 2.05) is 31.2 Å². The predicted molar refractivity (Wildman–Crippen MR) is 118 cm³/mol. The highest BCUT2D eigenvalue weighted by Gasteiger charge is 2.33. The van der Waals surface area contributed by atoms with Gasteiger partial charge in [0.25, 0.3) is 0 Å². The van der Waals surface area contributed by atoms with Crippen LogP contribution in [-0.4, -0.2) is 31.7 Å². The molecule has 2 aromatic carbocycles. The monoisotopic (exact) mass is 454 g/mol. The maximum Gasteiger partial charge on any atom is 0.228 e. The number of rotatable bonds is 6. The van der Waals surface area contributed by atoms with Crippen molar-refractivity contribution in [3.05, 3.63) is 63.6 Å². The van der Waals surface area contributed by atoms with Crippen molar-refractivity contribution in [3.63, 3.8) is 0 Å². The van der Waals surface area contributed by atoms with Crippen LogP contribution in [0.15, 0.2) is 42.5 Å². The minimum absolute atomic E-state index is 0.143. The first kappa shape index (κ1) is 22.1. The number of piperidine rings is 1. The molecule has 0 radical (unpaired) electrons. The molecule has 0 aromatic heterocycles. The van der Waals surface area contributed by atoms with Gasteiger partial charge in [0.15, 0.2) is 0 Å². The third-order valence-electron chi connectivity index (χ3n) is 5.16. The number of nitrogens with one attached hydrogen (secondary N) is 1. The summed E-state index contributed by atoms with van der Waals surface area (Å²) in [6.07, 6.45) is 2.11. The number of benzene rings is 2. The van der Waals surface area contributed by atoms with Gasteiger partial charge in [-0.3, -0.25) is 4.79 Å². The fourth-order valence-corrected chi connectivity index (χ4v) is 5.72. The number of anilines is 1. The second-order valence-electron chi connectivity index (χ2n) is 7.19. The van der Waals surface area contributed by atoms with Crippen LogP contribution in [0.5, 0.6) is 0 Å². The molecule has 1 fully saturated rings. The van der Waals surface area contributed by atoms with E-state index < -0.39 is 10.0 Å². The lowest BCUT2D eigenvalue weighted by Gasteiger charge is -2.31. The summed E-state index contributed by atoms with van der Waals surface area (Å²) in [7, 11) is -3.60. The van der Waals surface area contributed by atoms with E-state index in [2.05, 4.69) is 5.32 Å². The van der Waals surface area contributed by atoms with E-state index >= 15 is 0 Å². The number of carbonyl (C=O) groups is 1. The Hall–Kier alpha value is -1.60. The molecule has 2 aromatic rings. The van der Waals surface area contributed by atoms with Crippen LogP contribution in [-0.2, 0) is 27.0 Å². The minimum atomic E-state index is -3.60. The van der Waals surface area contributed by atoms with Crippen molar-refractivity contribution in [3.8, 4) is 0 Å². The molecule has 0 spiro atoms. The number of nitrogens with zero attached hydrogens (tertiary/aromatic N) is 1. The van der Waals surface area contributed by atoms with Crippen molar-refractivity contribution in [1.82, 2.24) is 4.31 Å². The van der Waals surface area contributed by atoms with Gasteiger partial charge in [0.1, 0.15) is 0 Å². The molecule has 1 amide bonds. The molecular weight excluding hydrogens is 431 g/mol. The van der Waals surface area contributed by atoms with Gasteiger partial charge in [0.2, 0.25) is 15.9 Å². The largest absolute Gasteiger partial charge is 0.326 e. The first-order valence-electron chi connectivity index (χ1n) is 9.60. The first-order chi connectivity index (χ1) is 13.8. The molecule has 0 bridgehead atoms. The van der Waals surface area contributed by atoms with Crippen molar-refractivity contribution in [2.24, 2.45) is 5.92 Å². The number of carbonyl (C=O) groups excluding carboxylic acids is 1. The topological polar surface area (TPSA) is 66.5 Å². The molecular formula is C21H24Cl2N2O3S. The quantitative estimate of drug-likeness (QED) is 0.685. The second kappa shape index (κ2) is 9.47. The molecule has 1 N–H and O–H groups in total. The zero-order valence-corrected chi connectivity index (χ0v) is 18.5. The molecule has 156 valence electrons. The summed E-state index contributed by atoms with van der Waals surface area (Å²) in [4.78, 5) is 12.8. The number of hydrogen-bond acceptors (Lipinski definition) is 3. The van der Waals surface area contributed by atoms with Crippen LogP contribution >= 0.6 is 23.2 Å². The standard InChI is InChI=1S/C21H24Cl2N2O3S/c1-2-15-6-3-4-8-20(15)24-21(26)16-7-5-11-25(13-16)29(27,28)14-17-9-10-18(22)12-19(17)23/h3-4,6,8-10,12,16H,2,5,7,11,13-14H2,1H3,(H,24,26). The Kier molecular flexibility index (Phi) is 7.22. The lowest BCUT2D eigenvalue weighted by Crippen LogP contribution is -2.44. The highest BCUT2D eigenvalue weighted by molar-refractivity contribution is 7.88. The van der Waals surface area contributed by atoms with Gasteiger partial charge < -0.3 is 5.32 Å². The van der Waals surface area contributed by atoms with E-state index in [4.69, 9.17) is 23.2 Å². The summed E-state index contributed by atoms with van der Waals surface area (Å²) in [5, 5.41) is 3.75. The van der Waals surface area contributed by atoms with Crippen LogP contribution in [0.25, 0.3) is 0 Å². The third kappa shape index (κ3) is 5.51. The van der Waals surface area contributed by atoms with E-state index in [-0.39, 0.29) is 24.1 Å². The number of aryl methyl sites for hydroxylation is 1. The molecule has 8 heteroatoms. The lowest BCUT2D eigenvalue weighted by molar-refractivity contribution is -0.120. The Balaban J connectivity index is 1.69. The van der Waals surface area contributed by atoms with Gasteiger partial charge in [-0.2, -0.15) is 0 Å². The molecule has 0 aliphatic carbocycles. The average Bonchev–Trinajstić information content (AvgIpc) is 2.70. The molecule has 0 saturated carbocycles. The first-order valence-corrected chi connectivity index (χ1v) is 12.0. The SMILES string of the molecule is CCc1ccccc1NC(=O)C1CCCN(S(=O)(=O)Cc2ccc(Cl)cc2Cl)C1. The number of amides is 1. The fourth-order valence-electron chi connectivity index (χ4n) is 3.52. The zero-order chi connectivity index (χ0) is 21.0. The summed E-state index contributed by atoms with van der Waals surface area (Å²) >= 11 is 12.0. The summed E-state index contributed by atoms with van der Waals surface area (Å²) in [5.41, 5.74) is 2.34. The van der Waals surface area contributed by atoms with E-state index in [9.17, 15) is 13.2 Å². The van der Waals surface area contributed by atoms with Crippen molar-refractivity contribution in [2.45, 2.75) is 31.9 Å². The van der Waals surface area contributed by atoms with E-state index in [1.54, 1.807) is 12.1 Å². The Labute approximate surface area is 182 Å². The van der Waals surface area contributed by atoms with Gasteiger partial charge >= 0.3 is 0 Å². The fraction of sp³-hybridized carbons (Fsp3) is 0.381. The summed E-state index contributed by atoms with van der Waals surface area (Å²) in [6, 6.07) is 12.4. The van der Waals surface area contributed by atoms with Crippen molar-refractivity contribution >= 4 is 44.8 Å². The number of para-hydroxylation sites is 1. The molecule has 29 heavy (non-hydrogen) atoms. The highest BCUT2D eigenvalue weighted by Crippen LogP contribution is 2.27. The van der Waals surface area contributed by atoms with Crippen molar-refractivity contribution in [2.75, 3.05) is 18.4 Å². The molecule has 1 aliphatic rings. The van der Waals surface area contributed by atoms with Gasteiger partial charge in [-0.15, -0.1) is 0 Å². The average molecular weight is 455 g/mol. The molecule has 1 heterocycles. The Bertz CT molecular complexity index is 995. The maximum absolute atomic E-state index is 12.9. The summed E-state index contributed by atoms with van der Waals surface area (Å²) < 4.78 is 27.2. The summed E-state index contributed by atoms with van der Waals surface area (Å²) in [6.45, 7) is 2.61. The lowest BCUT2D eigenvalue weighted by atomic mass is 9.98. The Morgan fingerprint density at radius 2 is 1.93 bits per heavy atom. The molecule has 1 saturated heterocycles. The Morgan fingerprint density at radius 1 is 1.17 bits per heavy atom. The normalized spacial score (nSPS) is 17.8. The number of sulfonamides is 1. The zero-order valence-electron chi connectivity index (χ0n) is 16.2. The van der Waals surface area contributed by atoms with E-state index in [0.29, 0.717) is 35.0 Å². The molecule has 5 nitrogen and oxygen atoms in total. The van der Waals surface area contributed by atoms with Crippen LogP contribution in [0.2, 0.25) is 10.0 Å². The molecule has 1 atom stereocenters. The van der Waals surface area contributed by atoms with Gasteiger partial charge in [0, 0.05) is 28.8 Å². The number of hydrogen-bond donors (Lipinski definition) is 1. The van der Waals surface area contributed by atoms with Crippen molar-refractivity contribution < 1.29 is 13.2 Å².